The second-order valence-corrected chi connectivity index (χ2v) is 5.00. The number of aliphatic hydroxyl groups excluding tert-OH is 1. The summed E-state index contributed by atoms with van der Waals surface area (Å²) in [5.41, 5.74) is 1.85. The van der Waals surface area contributed by atoms with E-state index in [1.807, 2.05) is 24.3 Å². The van der Waals surface area contributed by atoms with Gasteiger partial charge in [-0.05, 0) is 24.3 Å². The lowest BCUT2D eigenvalue weighted by molar-refractivity contribution is 0.0322. The Hall–Kier alpha value is -1.56. The maximum absolute atomic E-state index is 9.12. The predicted octanol–water partition coefficient (Wildman–Crippen LogP) is 1.37. The monoisotopic (exact) mass is 276 g/mol. The van der Waals surface area contributed by atoms with Crippen molar-refractivity contribution in [3.8, 4) is 5.75 Å². The van der Waals surface area contributed by atoms with Crippen molar-refractivity contribution < 1.29 is 14.6 Å². The number of benzene rings is 1. The Bertz CT molecular complexity index is 561. The molecule has 5 heteroatoms. The zero-order chi connectivity index (χ0) is 13.8. The summed E-state index contributed by atoms with van der Waals surface area (Å²) in [6.45, 7) is 5.25. The highest BCUT2D eigenvalue weighted by molar-refractivity contribution is 5.81. The average molecular weight is 276 g/mol. The number of nitrogens with zero attached hydrogens (tertiary/aromatic N) is 1. The number of aliphatic hydroxyl groups is 1. The van der Waals surface area contributed by atoms with Gasteiger partial charge in [0.2, 0.25) is 0 Å². The Labute approximate surface area is 118 Å². The molecular formula is C15H20N2O3. The van der Waals surface area contributed by atoms with Gasteiger partial charge in [-0.3, -0.25) is 4.90 Å². The number of aromatic amines is 1. The molecule has 2 heterocycles. The Balaban J connectivity index is 1.56. The number of hydrogen-bond acceptors (Lipinski definition) is 4. The number of nitrogens with one attached hydrogen (secondary N) is 1. The van der Waals surface area contributed by atoms with Crippen LogP contribution in [0.15, 0.2) is 24.3 Å². The van der Waals surface area contributed by atoms with Gasteiger partial charge >= 0.3 is 0 Å². The van der Waals surface area contributed by atoms with Gasteiger partial charge in [0.25, 0.3) is 0 Å². The second kappa shape index (κ2) is 6.26. The van der Waals surface area contributed by atoms with Gasteiger partial charge in [0, 0.05) is 36.2 Å². The summed E-state index contributed by atoms with van der Waals surface area (Å²) in [7, 11) is 0. The van der Waals surface area contributed by atoms with Crippen molar-refractivity contribution in [3.63, 3.8) is 0 Å². The van der Waals surface area contributed by atoms with Gasteiger partial charge in [-0.25, -0.2) is 0 Å². The third kappa shape index (κ3) is 3.12. The predicted molar refractivity (Wildman–Crippen MR) is 77.0 cm³/mol. The van der Waals surface area contributed by atoms with E-state index in [0.29, 0.717) is 6.61 Å². The maximum atomic E-state index is 9.12. The van der Waals surface area contributed by atoms with Gasteiger partial charge in [-0.1, -0.05) is 0 Å². The fourth-order valence-corrected chi connectivity index (χ4v) is 2.46. The molecular weight excluding hydrogens is 256 g/mol. The van der Waals surface area contributed by atoms with Crippen molar-refractivity contribution in [2.24, 2.45) is 0 Å². The fourth-order valence-electron chi connectivity index (χ4n) is 2.46. The summed E-state index contributed by atoms with van der Waals surface area (Å²) >= 11 is 0. The molecule has 0 unspecified atom stereocenters. The van der Waals surface area contributed by atoms with Gasteiger partial charge in [-0.15, -0.1) is 0 Å². The Morgan fingerprint density at radius 2 is 2.10 bits per heavy atom. The highest BCUT2D eigenvalue weighted by atomic mass is 16.5. The zero-order valence-corrected chi connectivity index (χ0v) is 11.5. The van der Waals surface area contributed by atoms with Crippen LogP contribution in [0.25, 0.3) is 10.9 Å². The molecule has 2 N–H and O–H groups in total. The zero-order valence-electron chi connectivity index (χ0n) is 11.5. The number of aromatic nitrogens is 1. The summed E-state index contributed by atoms with van der Waals surface area (Å²) < 4.78 is 11.1. The summed E-state index contributed by atoms with van der Waals surface area (Å²) in [5, 5.41) is 10.2. The van der Waals surface area contributed by atoms with Crippen molar-refractivity contribution in [2.45, 2.75) is 6.61 Å². The van der Waals surface area contributed by atoms with Crippen LogP contribution in [-0.4, -0.2) is 54.4 Å². The minimum Gasteiger partial charge on any atom is -0.492 e. The van der Waals surface area contributed by atoms with Crippen molar-refractivity contribution in [1.29, 1.82) is 0 Å². The van der Waals surface area contributed by atoms with E-state index in [1.165, 1.54) is 0 Å². The highest BCUT2D eigenvalue weighted by Crippen LogP contribution is 2.21. The van der Waals surface area contributed by atoms with Crippen LogP contribution in [-0.2, 0) is 11.3 Å². The lowest BCUT2D eigenvalue weighted by Crippen LogP contribution is -2.38. The number of hydrogen-bond donors (Lipinski definition) is 2. The van der Waals surface area contributed by atoms with Crippen LogP contribution >= 0.6 is 0 Å². The largest absolute Gasteiger partial charge is 0.492 e. The van der Waals surface area contributed by atoms with Gasteiger partial charge in [0.15, 0.2) is 0 Å². The van der Waals surface area contributed by atoms with Crippen LogP contribution in [0, 0.1) is 0 Å². The van der Waals surface area contributed by atoms with Crippen LogP contribution in [0.2, 0.25) is 0 Å². The molecule has 1 aliphatic rings. The van der Waals surface area contributed by atoms with E-state index in [0.717, 1.165) is 55.2 Å². The van der Waals surface area contributed by atoms with Crippen molar-refractivity contribution in [3.05, 3.63) is 30.0 Å². The van der Waals surface area contributed by atoms with E-state index in [9.17, 15) is 0 Å². The van der Waals surface area contributed by atoms with E-state index >= 15 is 0 Å². The number of rotatable bonds is 5. The van der Waals surface area contributed by atoms with Crippen molar-refractivity contribution >= 4 is 10.9 Å². The molecule has 0 spiro atoms. The van der Waals surface area contributed by atoms with Crippen LogP contribution in [0.1, 0.15) is 5.69 Å². The molecule has 0 bridgehead atoms. The first-order valence-corrected chi connectivity index (χ1v) is 7.00. The molecule has 2 aromatic rings. The Kier molecular flexibility index (Phi) is 4.20. The van der Waals surface area contributed by atoms with Gasteiger partial charge in [0.05, 0.1) is 19.8 Å². The van der Waals surface area contributed by atoms with Crippen LogP contribution in [0.4, 0.5) is 0 Å². The highest BCUT2D eigenvalue weighted by Gasteiger charge is 2.09. The second-order valence-electron chi connectivity index (χ2n) is 5.00. The lowest BCUT2D eigenvalue weighted by atomic mass is 10.2. The van der Waals surface area contributed by atoms with Crippen LogP contribution < -0.4 is 4.74 Å². The van der Waals surface area contributed by atoms with Gasteiger partial charge in [0.1, 0.15) is 12.4 Å². The molecule has 1 aromatic carbocycles. The Morgan fingerprint density at radius 3 is 2.90 bits per heavy atom. The number of morpholine rings is 1. The quantitative estimate of drug-likeness (QED) is 0.866. The number of fused-ring (bicyclic) bond motifs is 1. The summed E-state index contributed by atoms with van der Waals surface area (Å²) in [6, 6.07) is 7.90. The topological polar surface area (TPSA) is 57.7 Å². The number of H-pyrrole nitrogens is 1. The molecule has 0 radical (unpaired) electrons. The smallest absolute Gasteiger partial charge is 0.120 e. The number of ether oxygens (including phenoxy) is 2. The Morgan fingerprint density at radius 1 is 1.25 bits per heavy atom. The molecule has 0 amide bonds. The first-order valence-electron chi connectivity index (χ1n) is 7.00. The first kappa shape index (κ1) is 13.4. The minimum atomic E-state index is 0.0297. The molecule has 0 aliphatic carbocycles. The van der Waals surface area contributed by atoms with Crippen LogP contribution in [0.5, 0.6) is 5.75 Å². The van der Waals surface area contributed by atoms with E-state index < -0.39 is 0 Å². The normalized spacial score (nSPS) is 16.6. The standard InChI is InChI=1S/C15H20N2O3/c18-11-13-9-12-10-14(1-2-15(12)16-13)20-8-5-17-3-6-19-7-4-17/h1-2,9-10,16,18H,3-8,11H2. The molecule has 5 nitrogen and oxygen atoms in total. The summed E-state index contributed by atoms with van der Waals surface area (Å²) in [6.07, 6.45) is 0. The third-order valence-electron chi connectivity index (χ3n) is 3.60. The molecule has 3 rings (SSSR count). The van der Waals surface area contributed by atoms with E-state index in [2.05, 4.69) is 9.88 Å². The van der Waals surface area contributed by atoms with Gasteiger partial charge < -0.3 is 19.6 Å². The minimum absolute atomic E-state index is 0.0297. The maximum Gasteiger partial charge on any atom is 0.120 e. The first-order chi connectivity index (χ1) is 9.85. The third-order valence-corrected chi connectivity index (χ3v) is 3.60. The fraction of sp³-hybridized carbons (Fsp3) is 0.467. The molecule has 0 atom stereocenters. The van der Waals surface area contributed by atoms with E-state index in [1.54, 1.807) is 0 Å². The average Bonchev–Trinajstić information content (AvgIpc) is 2.91. The molecule has 0 saturated carbocycles. The van der Waals surface area contributed by atoms with E-state index in [-0.39, 0.29) is 6.61 Å². The molecule has 20 heavy (non-hydrogen) atoms. The lowest BCUT2D eigenvalue weighted by Gasteiger charge is -2.26. The van der Waals surface area contributed by atoms with Crippen molar-refractivity contribution in [1.82, 2.24) is 9.88 Å². The van der Waals surface area contributed by atoms with Gasteiger partial charge in [-0.2, -0.15) is 0 Å². The molecule has 108 valence electrons. The molecule has 1 saturated heterocycles. The SMILES string of the molecule is OCc1cc2cc(OCCN3CCOCC3)ccc2[nH]1. The van der Waals surface area contributed by atoms with E-state index in [4.69, 9.17) is 14.6 Å². The molecule has 1 aliphatic heterocycles. The summed E-state index contributed by atoms with van der Waals surface area (Å²) in [4.78, 5) is 5.50. The summed E-state index contributed by atoms with van der Waals surface area (Å²) in [5.74, 6) is 0.870. The molecule has 1 fully saturated rings. The van der Waals surface area contributed by atoms with Crippen LogP contribution in [0.3, 0.4) is 0 Å². The molecule has 1 aromatic heterocycles. The van der Waals surface area contributed by atoms with Crippen molar-refractivity contribution in [2.75, 3.05) is 39.5 Å².